The van der Waals surface area contributed by atoms with Crippen LogP contribution in [0.3, 0.4) is 0 Å². The lowest BCUT2D eigenvalue weighted by atomic mass is 9.98. The Kier molecular flexibility index (Phi) is 15.6. The molecule has 0 aliphatic rings. The molecule has 3 aromatic rings. The molecule has 0 spiro atoms. The molecule has 4 unspecified atom stereocenters. The van der Waals surface area contributed by atoms with Crippen LogP contribution in [-0.4, -0.2) is 96.1 Å². The molecule has 5 N–H and O–H groups in total. The first-order valence-electron chi connectivity index (χ1n) is 15.3. The highest BCUT2D eigenvalue weighted by atomic mass is 32.2. The molecule has 48 heavy (non-hydrogen) atoms. The predicted molar refractivity (Wildman–Crippen MR) is 186 cm³/mol. The largest absolute Gasteiger partial charge is 0.453 e. The highest BCUT2D eigenvalue weighted by molar-refractivity contribution is 7.98. The molecule has 13 nitrogen and oxygen atoms in total. The molecule has 0 radical (unpaired) electrons. The second kappa shape index (κ2) is 19.6. The number of carbonyl (C=O) groups excluding carboxylic acids is 4. The van der Waals surface area contributed by atoms with Crippen LogP contribution < -0.4 is 21.4 Å². The third-order valence-electron chi connectivity index (χ3n) is 7.35. The lowest BCUT2D eigenvalue weighted by Gasteiger charge is -2.32. The average molecular weight is 701 g/mol. The van der Waals surface area contributed by atoms with Gasteiger partial charge in [-0.2, -0.15) is 11.8 Å². The van der Waals surface area contributed by atoms with Crippen molar-refractivity contribution in [2.75, 3.05) is 32.8 Å². The topological polar surface area (TPSA) is 171 Å². The average Bonchev–Trinajstić information content (AvgIpc) is 3.62. The van der Waals surface area contributed by atoms with Crippen molar-refractivity contribution in [1.29, 1.82) is 0 Å². The first-order valence-corrected chi connectivity index (χ1v) is 17.5. The summed E-state index contributed by atoms with van der Waals surface area (Å²) in [5.74, 6) is -1.00. The highest BCUT2D eigenvalue weighted by Crippen LogP contribution is 2.23. The molecule has 0 aliphatic carbocycles. The smallest absolute Gasteiger partial charge is 0.407 e. The van der Waals surface area contributed by atoms with Gasteiger partial charge in [-0.3, -0.25) is 20.0 Å². The first-order chi connectivity index (χ1) is 23.0. The van der Waals surface area contributed by atoms with Crippen LogP contribution in [0.4, 0.5) is 9.59 Å². The fourth-order valence-corrected chi connectivity index (χ4v) is 5.98. The molecule has 0 aliphatic heterocycles. The molecule has 1 aromatic heterocycles. The molecule has 3 rings (SSSR count). The van der Waals surface area contributed by atoms with Gasteiger partial charge in [0.15, 0.2) is 0 Å². The minimum absolute atomic E-state index is 0.0961. The fourth-order valence-electron chi connectivity index (χ4n) is 4.79. The number of rotatable bonds is 17. The third kappa shape index (κ3) is 12.1. The van der Waals surface area contributed by atoms with E-state index in [4.69, 9.17) is 9.47 Å². The number of hydrazine groups is 1. The number of benzene rings is 2. The molecule has 0 saturated carbocycles. The number of nitrogens with zero attached hydrogens (tertiary/aromatic N) is 2. The van der Waals surface area contributed by atoms with Crippen molar-refractivity contribution < 1.29 is 33.8 Å². The zero-order valence-corrected chi connectivity index (χ0v) is 29.3. The summed E-state index contributed by atoms with van der Waals surface area (Å²) >= 11 is 2.89. The van der Waals surface area contributed by atoms with Crippen molar-refractivity contribution in [2.45, 2.75) is 51.0 Å². The van der Waals surface area contributed by atoms with Gasteiger partial charge < -0.3 is 30.5 Å². The number of nitrogens with one attached hydrogen (secondary N) is 4. The van der Waals surface area contributed by atoms with Gasteiger partial charge in [0.2, 0.25) is 5.91 Å². The fraction of sp³-hybridized carbons (Fsp3) is 0.424. The van der Waals surface area contributed by atoms with Gasteiger partial charge in [0.05, 0.1) is 36.8 Å². The van der Waals surface area contributed by atoms with Crippen molar-refractivity contribution in [3.05, 3.63) is 77.4 Å². The molecular weight excluding hydrogens is 657 g/mol. The Hall–Kier alpha value is -4.18. The predicted octanol–water partition coefficient (Wildman–Crippen LogP) is 3.20. The van der Waals surface area contributed by atoms with Gasteiger partial charge >= 0.3 is 12.2 Å². The number of thiazole rings is 1. The summed E-state index contributed by atoms with van der Waals surface area (Å²) in [5, 5.41) is 21.3. The van der Waals surface area contributed by atoms with Gasteiger partial charge in [-0.15, -0.1) is 11.3 Å². The number of amides is 4. The summed E-state index contributed by atoms with van der Waals surface area (Å²) in [4.78, 5) is 56.1. The van der Waals surface area contributed by atoms with E-state index in [9.17, 15) is 24.3 Å². The van der Waals surface area contributed by atoms with Gasteiger partial charge in [-0.25, -0.2) is 14.6 Å². The number of ether oxygens (including phenoxy) is 2. The van der Waals surface area contributed by atoms with Gasteiger partial charge in [0.25, 0.3) is 5.91 Å². The Morgan fingerprint density at radius 2 is 1.58 bits per heavy atom. The molecule has 4 atom stereocenters. The standard InChI is InChI=1S/C33H44N6O7S2/c1-21(2)29(37-33(44)46-4)31(42)35-25(15-22-9-7-6-8-10-22)27(40)18-39(38-30(41)26(19-47-5)36-32(43)45-3)17-23-11-13-24(14-12-23)28-16-34-20-48-28/h6-14,16,20-21,25-27,29,40H,15,17-19H2,1-5H3,(H,35,42)(H,36,43)(H,37,44)(H,38,41). The Bertz CT molecular complexity index is 1440. The summed E-state index contributed by atoms with van der Waals surface area (Å²) in [6, 6.07) is 14.4. The highest BCUT2D eigenvalue weighted by Gasteiger charge is 2.31. The van der Waals surface area contributed by atoms with E-state index < -0.39 is 48.2 Å². The van der Waals surface area contributed by atoms with E-state index in [0.29, 0.717) is 0 Å². The van der Waals surface area contributed by atoms with Crippen molar-refractivity contribution >= 4 is 47.1 Å². The van der Waals surface area contributed by atoms with E-state index in [2.05, 4.69) is 26.4 Å². The van der Waals surface area contributed by atoms with Crippen LogP contribution in [-0.2, 0) is 32.0 Å². The number of hydrogen-bond acceptors (Lipinski definition) is 11. The summed E-state index contributed by atoms with van der Waals surface area (Å²) < 4.78 is 9.41. The van der Waals surface area contributed by atoms with Crippen molar-refractivity contribution in [3.63, 3.8) is 0 Å². The zero-order chi connectivity index (χ0) is 35.1. The Balaban J connectivity index is 1.89. The maximum atomic E-state index is 13.5. The third-order valence-corrected chi connectivity index (χ3v) is 8.83. The Morgan fingerprint density at radius 1 is 0.917 bits per heavy atom. The maximum Gasteiger partial charge on any atom is 0.407 e. The molecule has 0 fully saturated rings. The van der Waals surface area contributed by atoms with Crippen molar-refractivity contribution in [1.82, 2.24) is 31.4 Å². The lowest BCUT2D eigenvalue weighted by molar-refractivity contribution is -0.129. The second-order valence-corrected chi connectivity index (χ2v) is 13.1. The molecule has 4 amide bonds. The van der Waals surface area contributed by atoms with Crippen molar-refractivity contribution in [3.8, 4) is 10.4 Å². The van der Waals surface area contributed by atoms with Gasteiger partial charge in [0.1, 0.15) is 12.1 Å². The molecule has 15 heteroatoms. The van der Waals surface area contributed by atoms with E-state index in [-0.39, 0.29) is 31.2 Å². The van der Waals surface area contributed by atoms with E-state index in [1.807, 2.05) is 60.9 Å². The minimum atomic E-state index is -1.19. The Labute approximate surface area is 289 Å². The Morgan fingerprint density at radius 3 is 2.17 bits per heavy atom. The molecule has 0 saturated heterocycles. The quantitative estimate of drug-likeness (QED) is 0.132. The zero-order valence-electron chi connectivity index (χ0n) is 27.7. The van der Waals surface area contributed by atoms with Crippen LogP contribution >= 0.6 is 23.1 Å². The summed E-state index contributed by atoms with van der Waals surface area (Å²) in [7, 11) is 2.43. The molecule has 0 bridgehead atoms. The minimum Gasteiger partial charge on any atom is -0.453 e. The van der Waals surface area contributed by atoms with E-state index in [1.165, 1.54) is 37.3 Å². The van der Waals surface area contributed by atoms with Crippen LogP contribution in [0.2, 0.25) is 0 Å². The van der Waals surface area contributed by atoms with E-state index in [1.54, 1.807) is 30.6 Å². The second-order valence-electron chi connectivity index (χ2n) is 11.3. The van der Waals surface area contributed by atoms with Crippen LogP contribution in [0.5, 0.6) is 0 Å². The number of aliphatic hydroxyl groups excluding tert-OH is 1. The number of aliphatic hydroxyl groups is 1. The number of methoxy groups -OCH3 is 2. The van der Waals surface area contributed by atoms with E-state index in [0.717, 1.165) is 21.6 Å². The van der Waals surface area contributed by atoms with Crippen LogP contribution in [0, 0.1) is 5.92 Å². The summed E-state index contributed by atoms with van der Waals surface area (Å²) in [6.45, 7) is 3.67. The lowest BCUT2D eigenvalue weighted by Crippen LogP contribution is -2.59. The molecule has 260 valence electrons. The molecule has 2 aromatic carbocycles. The maximum absolute atomic E-state index is 13.5. The van der Waals surface area contributed by atoms with Crippen LogP contribution in [0.15, 0.2) is 66.3 Å². The normalized spacial score (nSPS) is 13.6. The van der Waals surface area contributed by atoms with E-state index >= 15 is 0 Å². The van der Waals surface area contributed by atoms with Gasteiger partial charge in [0, 0.05) is 25.0 Å². The van der Waals surface area contributed by atoms with Crippen LogP contribution in [0.1, 0.15) is 25.0 Å². The molecular formula is C33H44N6O7S2. The molecule has 1 heterocycles. The number of alkyl carbamates (subject to hydrolysis) is 2. The first kappa shape index (κ1) is 38.3. The van der Waals surface area contributed by atoms with Crippen molar-refractivity contribution in [2.24, 2.45) is 5.92 Å². The summed E-state index contributed by atoms with van der Waals surface area (Å²) in [6.07, 6.45) is 1.17. The van der Waals surface area contributed by atoms with Gasteiger partial charge in [-0.1, -0.05) is 68.4 Å². The number of thioether (sulfide) groups is 1. The van der Waals surface area contributed by atoms with Crippen LogP contribution in [0.25, 0.3) is 10.4 Å². The SMILES string of the molecule is COC(=O)NC(CSC)C(=O)NN(Cc1ccc(-c2cncs2)cc1)CC(O)C(Cc1ccccc1)NC(=O)C(NC(=O)OC)C(C)C. The number of aromatic nitrogens is 1. The number of carbonyl (C=O) groups is 4. The monoisotopic (exact) mass is 700 g/mol. The van der Waals surface area contributed by atoms with Gasteiger partial charge in [-0.05, 0) is 35.3 Å². The number of hydrogen-bond donors (Lipinski definition) is 5. The summed E-state index contributed by atoms with van der Waals surface area (Å²) in [5.41, 5.74) is 7.30.